The summed E-state index contributed by atoms with van der Waals surface area (Å²) in [5.41, 5.74) is 3.30. The van der Waals surface area contributed by atoms with E-state index in [4.69, 9.17) is 4.74 Å². The number of benzene rings is 1. The summed E-state index contributed by atoms with van der Waals surface area (Å²) in [4.78, 5) is 11.7. The molecule has 1 heterocycles. The summed E-state index contributed by atoms with van der Waals surface area (Å²) in [6.45, 7) is 0. The van der Waals surface area contributed by atoms with E-state index in [1.54, 1.807) is 31.4 Å². The molecular weight excluding hydrogens is 340 g/mol. The Bertz CT molecular complexity index is 697. The number of hydrazone groups is 1. The van der Waals surface area contributed by atoms with Gasteiger partial charge in [0.25, 0.3) is 5.91 Å². The van der Waals surface area contributed by atoms with Gasteiger partial charge in [0, 0.05) is 13.2 Å². The number of hydrogen-bond donors (Lipinski definition) is 2. The molecule has 0 aliphatic heterocycles. The molecule has 0 saturated carbocycles. The zero-order valence-corrected chi connectivity index (χ0v) is 13.0. The Morgan fingerprint density at radius 3 is 2.95 bits per heavy atom. The smallest absolute Gasteiger partial charge is 0.291 e. The van der Waals surface area contributed by atoms with Gasteiger partial charge in [-0.2, -0.15) is 10.2 Å². The molecule has 0 bridgehead atoms. The van der Waals surface area contributed by atoms with Gasteiger partial charge in [-0.25, -0.2) is 5.43 Å². The van der Waals surface area contributed by atoms with E-state index in [-0.39, 0.29) is 11.4 Å². The summed E-state index contributed by atoms with van der Waals surface area (Å²) in [5, 5.41) is 17.5. The van der Waals surface area contributed by atoms with E-state index < -0.39 is 5.91 Å². The maximum Gasteiger partial charge on any atom is 0.291 e. The molecule has 0 atom stereocenters. The topological polar surface area (TPSA) is 88.7 Å². The van der Waals surface area contributed by atoms with Crippen molar-refractivity contribution in [3.05, 3.63) is 40.1 Å². The van der Waals surface area contributed by atoms with E-state index in [0.717, 1.165) is 0 Å². The lowest BCUT2D eigenvalue weighted by molar-refractivity contribution is 0.0949. The van der Waals surface area contributed by atoms with Crippen LogP contribution in [0.15, 0.2) is 34.0 Å². The first-order valence-corrected chi connectivity index (χ1v) is 6.70. The molecule has 1 amide bonds. The number of nitrogens with zero attached hydrogens (tertiary/aromatic N) is 3. The maximum absolute atomic E-state index is 11.7. The number of hydrogen-bond acceptors (Lipinski definition) is 5. The fraction of sp³-hybridized carbons (Fsp3) is 0.154. The lowest BCUT2D eigenvalue weighted by Crippen LogP contribution is -2.18. The van der Waals surface area contributed by atoms with Crippen LogP contribution in [0, 0.1) is 0 Å². The molecule has 0 spiro atoms. The third-order valence-electron chi connectivity index (χ3n) is 2.60. The second kappa shape index (κ2) is 6.40. The number of aryl methyl sites for hydroxylation is 1. The molecule has 2 rings (SSSR count). The minimum Gasteiger partial charge on any atom is -0.503 e. The van der Waals surface area contributed by atoms with E-state index in [1.165, 1.54) is 18.0 Å². The Labute approximate surface area is 129 Å². The van der Waals surface area contributed by atoms with Crippen LogP contribution in [-0.4, -0.2) is 34.1 Å². The van der Waals surface area contributed by atoms with Crippen molar-refractivity contribution in [3.8, 4) is 11.5 Å². The van der Waals surface area contributed by atoms with Crippen LogP contribution in [-0.2, 0) is 7.05 Å². The van der Waals surface area contributed by atoms with Crippen molar-refractivity contribution in [2.24, 2.45) is 12.1 Å². The number of phenols is 1. The predicted molar refractivity (Wildman–Crippen MR) is 80.6 cm³/mol. The number of carbonyl (C=O) groups is 1. The summed E-state index contributed by atoms with van der Waals surface area (Å²) in [6.07, 6.45) is 3.11. The normalized spacial score (nSPS) is 10.8. The first-order valence-electron chi connectivity index (χ1n) is 5.91. The van der Waals surface area contributed by atoms with Gasteiger partial charge in [0.15, 0.2) is 17.2 Å². The molecule has 21 heavy (non-hydrogen) atoms. The Morgan fingerprint density at radius 2 is 2.33 bits per heavy atom. The second-order valence-corrected chi connectivity index (χ2v) is 4.98. The minimum absolute atomic E-state index is 0.00664. The Kier molecular flexibility index (Phi) is 4.59. The van der Waals surface area contributed by atoms with E-state index in [2.05, 4.69) is 31.6 Å². The van der Waals surface area contributed by atoms with Gasteiger partial charge in [-0.15, -0.1) is 0 Å². The highest BCUT2D eigenvalue weighted by molar-refractivity contribution is 9.10. The maximum atomic E-state index is 11.7. The van der Waals surface area contributed by atoms with Crippen LogP contribution in [0.3, 0.4) is 0 Å². The lowest BCUT2D eigenvalue weighted by Gasteiger charge is -2.06. The summed E-state index contributed by atoms with van der Waals surface area (Å²) < 4.78 is 7.02. The number of methoxy groups -OCH3 is 1. The van der Waals surface area contributed by atoms with Crippen LogP contribution in [0.25, 0.3) is 0 Å². The van der Waals surface area contributed by atoms with Crippen molar-refractivity contribution in [1.82, 2.24) is 15.2 Å². The van der Waals surface area contributed by atoms with Crippen molar-refractivity contribution >= 4 is 28.1 Å². The monoisotopic (exact) mass is 352 g/mol. The van der Waals surface area contributed by atoms with E-state index >= 15 is 0 Å². The number of phenolic OH excluding ortho intramolecular Hbond substituents is 1. The van der Waals surface area contributed by atoms with Crippen molar-refractivity contribution in [1.29, 1.82) is 0 Å². The van der Waals surface area contributed by atoms with Gasteiger partial charge in [-0.1, -0.05) is 0 Å². The zero-order chi connectivity index (χ0) is 15.4. The number of ether oxygens (including phenoxy) is 1. The first kappa shape index (κ1) is 15.0. The Hall–Kier alpha value is -2.35. The SMILES string of the molecule is COc1cc(/C=N\NC(=O)c2ccn(C)n2)cc(Br)c1O. The molecule has 8 heteroatoms. The molecule has 2 aromatic rings. The van der Waals surface area contributed by atoms with Gasteiger partial charge in [0.1, 0.15) is 0 Å². The number of aromatic nitrogens is 2. The number of aromatic hydroxyl groups is 1. The van der Waals surface area contributed by atoms with Crippen LogP contribution >= 0.6 is 15.9 Å². The van der Waals surface area contributed by atoms with Gasteiger partial charge < -0.3 is 9.84 Å². The Balaban J connectivity index is 2.08. The van der Waals surface area contributed by atoms with E-state index in [0.29, 0.717) is 15.8 Å². The summed E-state index contributed by atoms with van der Waals surface area (Å²) in [5.74, 6) is -0.0919. The van der Waals surface area contributed by atoms with Crippen molar-refractivity contribution in [2.75, 3.05) is 7.11 Å². The molecule has 0 aliphatic carbocycles. The molecule has 7 nitrogen and oxygen atoms in total. The molecule has 0 radical (unpaired) electrons. The van der Waals surface area contributed by atoms with Gasteiger partial charge in [-0.3, -0.25) is 9.48 Å². The lowest BCUT2D eigenvalue weighted by atomic mass is 10.2. The van der Waals surface area contributed by atoms with Gasteiger partial charge >= 0.3 is 0 Å². The number of nitrogens with one attached hydrogen (secondary N) is 1. The summed E-state index contributed by atoms with van der Waals surface area (Å²) in [6, 6.07) is 4.83. The average molecular weight is 353 g/mol. The molecule has 0 fully saturated rings. The molecule has 110 valence electrons. The summed E-state index contributed by atoms with van der Waals surface area (Å²) >= 11 is 3.21. The van der Waals surface area contributed by atoms with Crippen molar-refractivity contribution < 1.29 is 14.6 Å². The quantitative estimate of drug-likeness (QED) is 0.646. The van der Waals surface area contributed by atoms with Crippen LogP contribution in [0.1, 0.15) is 16.1 Å². The zero-order valence-electron chi connectivity index (χ0n) is 11.4. The molecule has 2 N–H and O–H groups in total. The summed E-state index contributed by atoms with van der Waals surface area (Å²) in [7, 11) is 3.17. The predicted octanol–water partition coefficient (Wildman–Crippen LogP) is 1.66. The molecule has 1 aromatic carbocycles. The van der Waals surface area contributed by atoms with E-state index in [9.17, 15) is 9.90 Å². The van der Waals surface area contributed by atoms with Gasteiger partial charge in [0.05, 0.1) is 17.8 Å². The van der Waals surface area contributed by atoms with Gasteiger partial charge in [0.2, 0.25) is 0 Å². The molecule has 0 saturated heterocycles. The Morgan fingerprint density at radius 1 is 1.57 bits per heavy atom. The van der Waals surface area contributed by atoms with Crippen molar-refractivity contribution in [3.63, 3.8) is 0 Å². The number of amides is 1. The minimum atomic E-state index is -0.406. The number of rotatable bonds is 4. The van der Waals surface area contributed by atoms with Crippen LogP contribution in [0.5, 0.6) is 11.5 Å². The number of halogens is 1. The standard InChI is InChI=1S/C13H13BrN4O3/c1-18-4-3-10(17-18)13(20)16-15-7-8-5-9(14)12(19)11(6-8)21-2/h3-7,19H,1-2H3,(H,16,20)/b15-7-. The third kappa shape index (κ3) is 3.60. The molecule has 0 unspecified atom stereocenters. The van der Waals surface area contributed by atoms with Gasteiger partial charge in [-0.05, 0) is 39.7 Å². The molecular formula is C13H13BrN4O3. The molecule has 0 aliphatic rings. The third-order valence-corrected chi connectivity index (χ3v) is 3.20. The first-order chi connectivity index (χ1) is 10.0. The van der Waals surface area contributed by atoms with Crippen LogP contribution < -0.4 is 10.2 Å². The fourth-order valence-electron chi connectivity index (χ4n) is 1.58. The highest BCUT2D eigenvalue weighted by atomic mass is 79.9. The second-order valence-electron chi connectivity index (χ2n) is 4.13. The largest absolute Gasteiger partial charge is 0.503 e. The molecule has 1 aromatic heterocycles. The fourth-order valence-corrected chi connectivity index (χ4v) is 2.04. The van der Waals surface area contributed by atoms with E-state index in [1.807, 2.05) is 0 Å². The average Bonchev–Trinajstić information content (AvgIpc) is 2.89. The van der Waals surface area contributed by atoms with Crippen molar-refractivity contribution in [2.45, 2.75) is 0 Å². The van der Waals surface area contributed by atoms with Crippen LogP contribution in [0.4, 0.5) is 0 Å². The van der Waals surface area contributed by atoms with Crippen LogP contribution in [0.2, 0.25) is 0 Å². The number of carbonyl (C=O) groups excluding carboxylic acids is 1. The highest BCUT2D eigenvalue weighted by Crippen LogP contribution is 2.34. The highest BCUT2D eigenvalue weighted by Gasteiger charge is 2.08.